The molecule has 0 amide bonds. The maximum Gasteiger partial charge on any atom is 0.218 e. The Labute approximate surface area is 120 Å². The molecule has 0 aliphatic carbocycles. The van der Waals surface area contributed by atoms with Crippen molar-refractivity contribution in [1.82, 2.24) is 9.97 Å². The molecule has 108 valence electrons. The van der Waals surface area contributed by atoms with E-state index >= 15 is 0 Å². The van der Waals surface area contributed by atoms with Gasteiger partial charge in [0.05, 0.1) is 6.10 Å². The topological polar surface area (TPSA) is 47.0 Å². The van der Waals surface area contributed by atoms with Gasteiger partial charge in [-0.1, -0.05) is 13.8 Å². The molecule has 4 nitrogen and oxygen atoms in total. The fourth-order valence-electron chi connectivity index (χ4n) is 1.71. The molecule has 0 fully saturated rings. The first-order valence-corrected chi connectivity index (χ1v) is 7.25. The summed E-state index contributed by atoms with van der Waals surface area (Å²) in [5.74, 6) is 2.11. The van der Waals surface area contributed by atoms with E-state index in [4.69, 9.17) is 16.3 Å². The third-order valence-electron chi connectivity index (χ3n) is 2.73. The molecule has 0 unspecified atom stereocenters. The maximum absolute atomic E-state index is 5.74. The van der Waals surface area contributed by atoms with Crippen molar-refractivity contribution in [3.63, 3.8) is 0 Å². The van der Waals surface area contributed by atoms with Crippen LogP contribution in [0, 0.1) is 5.41 Å². The fraction of sp³-hybridized carbons (Fsp3) is 0.714. The first kappa shape index (κ1) is 16.0. The lowest BCUT2D eigenvalue weighted by atomic mass is 9.88. The monoisotopic (exact) mass is 285 g/mol. The highest BCUT2D eigenvalue weighted by atomic mass is 35.5. The molecule has 0 aliphatic rings. The van der Waals surface area contributed by atoms with E-state index in [1.54, 1.807) is 0 Å². The smallest absolute Gasteiger partial charge is 0.218 e. The molecule has 0 aromatic carbocycles. The predicted molar refractivity (Wildman–Crippen MR) is 80.0 cm³/mol. The van der Waals surface area contributed by atoms with E-state index in [-0.39, 0.29) is 11.5 Å². The minimum Gasteiger partial charge on any atom is -0.475 e. The van der Waals surface area contributed by atoms with Crippen molar-refractivity contribution < 1.29 is 4.74 Å². The average molecular weight is 286 g/mol. The predicted octanol–water partition coefficient (Wildman–Crippen LogP) is 3.72. The van der Waals surface area contributed by atoms with Crippen LogP contribution < -0.4 is 10.1 Å². The number of rotatable bonds is 8. The third-order valence-corrected chi connectivity index (χ3v) is 3.00. The van der Waals surface area contributed by atoms with Gasteiger partial charge in [0.15, 0.2) is 0 Å². The van der Waals surface area contributed by atoms with Gasteiger partial charge in [0.25, 0.3) is 0 Å². The van der Waals surface area contributed by atoms with Crippen molar-refractivity contribution in [3.05, 3.63) is 12.4 Å². The van der Waals surface area contributed by atoms with E-state index in [9.17, 15) is 0 Å². The molecule has 1 rings (SSSR count). The number of alkyl halides is 1. The quantitative estimate of drug-likeness (QED) is 0.740. The molecule has 0 radical (unpaired) electrons. The van der Waals surface area contributed by atoms with E-state index in [0.29, 0.717) is 11.8 Å². The van der Waals surface area contributed by atoms with Crippen LogP contribution >= 0.6 is 11.6 Å². The maximum atomic E-state index is 5.74. The van der Waals surface area contributed by atoms with Crippen molar-refractivity contribution in [1.29, 1.82) is 0 Å². The summed E-state index contributed by atoms with van der Waals surface area (Å²) in [7, 11) is 0. The van der Waals surface area contributed by atoms with Crippen LogP contribution in [-0.2, 0) is 0 Å². The molecule has 0 spiro atoms. The second-order valence-corrected chi connectivity index (χ2v) is 6.10. The first-order valence-electron chi connectivity index (χ1n) is 6.71. The summed E-state index contributed by atoms with van der Waals surface area (Å²) in [5.41, 5.74) is 0.193. The molecule has 1 heterocycles. The van der Waals surface area contributed by atoms with Crippen molar-refractivity contribution in [2.75, 3.05) is 17.7 Å². The Bertz CT molecular complexity index is 383. The summed E-state index contributed by atoms with van der Waals surface area (Å²) in [4.78, 5) is 8.28. The van der Waals surface area contributed by atoms with Gasteiger partial charge in [0.1, 0.15) is 12.1 Å². The largest absolute Gasteiger partial charge is 0.475 e. The number of nitrogens with zero attached hydrogens (tertiary/aromatic N) is 2. The minimum atomic E-state index is 0.114. The number of nitrogens with one attached hydrogen (secondary N) is 1. The molecule has 1 N–H and O–H groups in total. The number of anilines is 1. The number of halogens is 1. The van der Waals surface area contributed by atoms with Gasteiger partial charge in [-0.15, -0.1) is 11.6 Å². The summed E-state index contributed by atoms with van der Waals surface area (Å²) in [6.07, 6.45) is 3.75. The van der Waals surface area contributed by atoms with Gasteiger partial charge in [0.2, 0.25) is 5.88 Å². The van der Waals surface area contributed by atoms with E-state index in [1.165, 1.54) is 6.33 Å². The van der Waals surface area contributed by atoms with Crippen LogP contribution in [0.2, 0.25) is 0 Å². The van der Waals surface area contributed by atoms with Crippen LogP contribution in [0.5, 0.6) is 5.88 Å². The molecule has 0 bridgehead atoms. The molecule has 1 aromatic heterocycles. The molecule has 19 heavy (non-hydrogen) atoms. The Morgan fingerprint density at radius 1 is 1.37 bits per heavy atom. The second-order valence-electron chi connectivity index (χ2n) is 5.72. The minimum absolute atomic E-state index is 0.114. The van der Waals surface area contributed by atoms with E-state index in [2.05, 4.69) is 29.1 Å². The zero-order valence-corrected chi connectivity index (χ0v) is 13.0. The normalized spacial score (nSPS) is 11.7. The van der Waals surface area contributed by atoms with E-state index in [1.807, 2.05) is 19.9 Å². The van der Waals surface area contributed by atoms with Crippen LogP contribution in [-0.4, -0.2) is 28.5 Å². The van der Waals surface area contributed by atoms with Crippen LogP contribution in [0.25, 0.3) is 0 Å². The molecule has 1 aromatic rings. The van der Waals surface area contributed by atoms with Gasteiger partial charge in [-0.05, 0) is 32.1 Å². The zero-order chi connectivity index (χ0) is 14.3. The highest BCUT2D eigenvalue weighted by molar-refractivity contribution is 6.17. The zero-order valence-electron chi connectivity index (χ0n) is 12.2. The molecule has 0 saturated heterocycles. The molecular formula is C14H24ClN3O. The molecule has 0 atom stereocenters. The summed E-state index contributed by atoms with van der Waals surface area (Å²) in [6, 6.07) is 1.83. The summed E-state index contributed by atoms with van der Waals surface area (Å²) in [5, 5.41) is 3.33. The van der Waals surface area contributed by atoms with Crippen LogP contribution in [0.4, 0.5) is 5.82 Å². The lowest BCUT2D eigenvalue weighted by Gasteiger charge is -2.24. The van der Waals surface area contributed by atoms with Gasteiger partial charge in [-0.2, -0.15) is 0 Å². The number of ether oxygens (including phenoxy) is 1. The Kier molecular flexibility index (Phi) is 6.35. The summed E-state index contributed by atoms with van der Waals surface area (Å²) in [6.45, 7) is 9.25. The molecule has 5 heteroatoms. The van der Waals surface area contributed by atoms with Crippen LogP contribution in [0.1, 0.15) is 40.5 Å². The second kappa shape index (κ2) is 7.53. The van der Waals surface area contributed by atoms with Crippen molar-refractivity contribution in [2.45, 2.75) is 46.6 Å². The molecule has 0 aliphatic heterocycles. The lowest BCUT2D eigenvalue weighted by molar-refractivity contribution is 0.232. The standard InChI is InChI=1S/C14H24ClN3O/c1-11(2)19-13-8-12(17-10-18-13)16-9-14(3,4)6-5-7-15/h8,10-11H,5-7,9H2,1-4H3,(H,16,17,18). The van der Waals surface area contributed by atoms with Crippen LogP contribution in [0.3, 0.4) is 0 Å². The number of hydrogen-bond acceptors (Lipinski definition) is 4. The summed E-state index contributed by atoms with van der Waals surface area (Å²) < 4.78 is 5.54. The SMILES string of the molecule is CC(C)Oc1cc(NCC(C)(C)CCCCl)ncn1. The Morgan fingerprint density at radius 3 is 2.74 bits per heavy atom. The molecule has 0 saturated carbocycles. The Hall–Kier alpha value is -1.03. The lowest BCUT2D eigenvalue weighted by Crippen LogP contribution is -2.23. The van der Waals surface area contributed by atoms with Crippen molar-refractivity contribution >= 4 is 17.4 Å². The highest BCUT2D eigenvalue weighted by Gasteiger charge is 2.17. The average Bonchev–Trinajstić information content (AvgIpc) is 2.34. The van der Waals surface area contributed by atoms with Gasteiger partial charge in [-0.25, -0.2) is 9.97 Å². The van der Waals surface area contributed by atoms with Crippen molar-refractivity contribution in [2.24, 2.45) is 5.41 Å². The highest BCUT2D eigenvalue weighted by Crippen LogP contribution is 2.23. The van der Waals surface area contributed by atoms with Gasteiger partial charge in [-0.3, -0.25) is 0 Å². The Morgan fingerprint density at radius 2 is 2.11 bits per heavy atom. The fourth-order valence-corrected chi connectivity index (χ4v) is 1.84. The van der Waals surface area contributed by atoms with Crippen molar-refractivity contribution in [3.8, 4) is 5.88 Å². The van der Waals surface area contributed by atoms with Gasteiger partial charge < -0.3 is 10.1 Å². The van der Waals surface area contributed by atoms with E-state index < -0.39 is 0 Å². The molecular weight excluding hydrogens is 262 g/mol. The van der Waals surface area contributed by atoms with Gasteiger partial charge in [0, 0.05) is 18.5 Å². The number of aromatic nitrogens is 2. The number of hydrogen-bond donors (Lipinski definition) is 1. The third kappa shape index (κ3) is 6.62. The van der Waals surface area contributed by atoms with E-state index in [0.717, 1.165) is 25.2 Å². The first-order chi connectivity index (χ1) is 8.93. The summed E-state index contributed by atoms with van der Waals surface area (Å²) >= 11 is 5.74. The van der Waals surface area contributed by atoms with Gasteiger partial charge >= 0.3 is 0 Å². The Balaban J connectivity index is 2.52. The van der Waals surface area contributed by atoms with Crippen LogP contribution in [0.15, 0.2) is 12.4 Å².